The maximum Gasteiger partial charge on any atom is 0.143 e. The number of halogens is 2. The Morgan fingerprint density at radius 2 is 2.32 bits per heavy atom. The molecule has 2 rings (SSSR count). The lowest BCUT2D eigenvalue weighted by atomic mass is 10.2. The number of hydrogen-bond acceptors (Lipinski definition) is 4. The molecule has 106 valence electrons. The van der Waals surface area contributed by atoms with Gasteiger partial charge in [-0.15, -0.1) is 0 Å². The first-order valence-corrected chi connectivity index (χ1v) is 8.05. The van der Waals surface area contributed by atoms with Gasteiger partial charge < -0.3 is 15.0 Å². The number of ether oxygens (including phenoxy) is 1. The summed E-state index contributed by atoms with van der Waals surface area (Å²) in [4.78, 5) is 6.84. The fourth-order valence-electron chi connectivity index (χ4n) is 2.09. The molecule has 0 aromatic carbocycles. The summed E-state index contributed by atoms with van der Waals surface area (Å²) in [5.41, 5.74) is 0. The molecule has 1 unspecified atom stereocenters. The molecule has 6 heteroatoms. The molecule has 0 bridgehead atoms. The minimum Gasteiger partial charge on any atom is -0.377 e. The molecule has 0 aliphatic carbocycles. The number of nitrogens with zero attached hydrogens (tertiary/aromatic N) is 2. The van der Waals surface area contributed by atoms with Gasteiger partial charge in [0.15, 0.2) is 0 Å². The van der Waals surface area contributed by atoms with Crippen LogP contribution in [-0.2, 0) is 4.74 Å². The zero-order valence-corrected chi connectivity index (χ0v) is 14.4. The molecule has 4 nitrogen and oxygen atoms in total. The molecule has 1 fully saturated rings. The standard InChI is InChI=1S/C13H19Br2N3O/c1-9(2)16-7-11-8-19-4-3-18(11)13-12(15)5-10(14)6-17-13/h5-6,9,11,16H,3-4,7-8H2,1-2H3. The summed E-state index contributed by atoms with van der Waals surface area (Å²) in [6.07, 6.45) is 1.84. The van der Waals surface area contributed by atoms with Crippen LogP contribution < -0.4 is 10.2 Å². The van der Waals surface area contributed by atoms with Gasteiger partial charge in [0, 0.05) is 29.8 Å². The van der Waals surface area contributed by atoms with Crippen LogP contribution in [0, 0.1) is 0 Å². The smallest absolute Gasteiger partial charge is 0.143 e. The minimum absolute atomic E-state index is 0.320. The Balaban J connectivity index is 2.14. The molecule has 1 aliphatic heterocycles. The van der Waals surface area contributed by atoms with Crippen molar-refractivity contribution in [3.8, 4) is 0 Å². The van der Waals surface area contributed by atoms with Crippen molar-refractivity contribution in [1.29, 1.82) is 0 Å². The Morgan fingerprint density at radius 1 is 1.53 bits per heavy atom. The van der Waals surface area contributed by atoms with E-state index in [2.05, 4.69) is 60.9 Å². The van der Waals surface area contributed by atoms with Crippen molar-refractivity contribution in [2.75, 3.05) is 31.2 Å². The molecule has 1 aliphatic rings. The van der Waals surface area contributed by atoms with Gasteiger partial charge in [0.1, 0.15) is 5.82 Å². The average molecular weight is 393 g/mol. The molecule has 1 saturated heterocycles. The van der Waals surface area contributed by atoms with E-state index >= 15 is 0 Å². The first kappa shape index (κ1) is 15.2. The zero-order valence-electron chi connectivity index (χ0n) is 11.2. The summed E-state index contributed by atoms with van der Waals surface area (Å²) in [7, 11) is 0. The highest BCUT2D eigenvalue weighted by atomic mass is 79.9. The zero-order chi connectivity index (χ0) is 13.8. The first-order chi connectivity index (χ1) is 9.08. The minimum atomic E-state index is 0.320. The lowest BCUT2D eigenvalue weighted by Gasteiger charge is -2.37. The topological polar surface area (TPSA) is 37.4 Å². The van der Waals surface area contributed by atoms with Crippen LogP contribution in [-0.4, -0.2) is 43.4 Å². The van der Waals surface area contributed by atoms with Crippen molar-refractivity contribution < 1.29 is 4.74 Å². The van der Waals surface area contributed by atoms with E-state index in [4.69, 9.17) is 4.74 Å². The molecule has 2 heterocycles. The third kappa shape index (κ3) is 4.15. The van der Waals surface area contributed by atoms with Crippen LogP contribution in [0.3, 0.4) is 0 Å². The molecule has 0 spiro atoms. The SMILES string of the molecule is CC(C)NCC1COCCN1c1ncc(Br)cc1Br. The van der Waals surface area contributed by atoms with Crippen molar-refractivity contribution in [3.05, 3.63) is 21.2 Å². The second-order valence-electron chi connectivity index (χ2n) is 4.94. The number of aromatic nitrogens is 1. The van der Waals surface area contributed by atoms with E-state index in [1.807, 2.05) is 12.3 Å². The normalized spacial score (nSPS) is 20.1. The van der Waals surface area contributed by atoms with Gasteiger partial charge in [-0.2, -0.15) is 0 Å². The van der Waals surface area contributed by atoms with Gasteiger partial charge in [-0.05, 0) is 37.9 Å². The molecule has 0 saturated carbocycles. The van der Waals surface area contributed by atoms with Gasteiger partial charge in [0.25, 0.3) is 0 Å². The second kappa shape index (κ2) is 7.02. The number of nitrogens with one attached hydrogen (secondary N) is 1. The Hall–Kier alpha value is -0.170. The van der Waals surface area contributed by atoms with Crippen molar-refractivity contribution in [1.82, 2.24) is 10.3 Å². The van der Waals surface area contributed by atoms with E-state index in [9.17, 15) is 0 Å². The van der Waals surface area contributed by atoms with Crippen LogP contribution in [0.1, 0.15) is 13.8 Å². The lowest BCUT2D eigenvalue weighted by Crippen LogP contribution is -2.51. The maximum absolute atomic E-state index is 5.60. The highest BCUT2D eigenvalue weighted by molar-refractivity contribution is 9.11. The fraction of sp³-hybridized carbons (Fsp3) is 0.615. The van der Waals surface area contributed by atoms with Crippen molar-refractivity contribution >= 4 is 37.7 Å². The molecular weight excluding hydrogens is 374 g/mol. The quantitative estimate of drug-likeness (QED) is 0.854. The number of pyridine rings is 1. The average Bonchev–Trinajstić information content (AvgIpc) is 2.37. The van der Waals surface area contributed by atoms with Crippen LogP contribution in [0.2, 0.25) is 0 Å². The summed E-state index contributed by atoms with van der Waals surface area (Å²) < 4.78 is 7.59. The molecule has 0 radical (unpaired) electrons. The molecule has 1 aromatic rings. The van der Waals surface area contributed by atoms with Gasteiger partial charge in [-0.25, -0.2) is 4.98 Å². The second-order valence-corrected chi connectivity index (χ2v) is 6.71. The number of anilines is 1. The predicted octanol–water partition coefficient (Wildman–Crippen LogP) is 2.81. The Kier molecular flexibility index (Phi) is 5.62. The van der Waals surface area contributed by atoms with E-state index in [1.54, 1.807) is 0 Å². The van der Waals surface area contributed by atoms with E-state index in [1.165, 1.54) is 0 Å². The summed E-state index contributed by atoms with van der Waals surface area (Å²) in [5.74, 6) is 0.988. The van der Waals surface area contributed by atoms with Crippen LogP contribution in [0.25, 0.3) is 0 Å². The Morgan fingerprint density at radius 3 is 3.00 bits per heavy atom. The molecule has 0 amide bonds. The maximum atomic E-state index is 5.60. The van der Waals surface area contributed by atoms with Crippen LogP contribution >= 0.6 is 31.9 Å². The number of hydrogen-bond donors (Lipinski definition) is 1. The van der Waals surface area contributed by atoms with Crippen molar-refractivity contribution in [2.45, 2.75) is 25.9 Å². The van der Waals surface area contributed by atoms with Crippen LogP contribution in [0.15, 0.2) is 21.2 Å². The van der Waals surface area contributed by atoms with Crippen molar-refractivity contribution in [2.24, 2.45) is 0 Å². The van der Waals surface area contributed by atoms with Crippen LogP contribution in [0.4, 0.5) is 5.82 Å². The van der Waals surface area contributed by atoms with Gasteiger partial charge in [0.05, 0.1) is 23.7 Å². The van der Waals surface area contributed by atoms with Gasteiger partial charge >= 0.3 is 0 Å². The first-order valence-electron chi connectivity index (χ1n) is 6.46. The Bertz CT molecular complexity index is 428. The van der Waals surface area contributed by atoms with Crippen LogP contribution in [0.5, 0.6) is 0 Å². The summed E-state index contributed by atoms with van der Waals surface area (Å²) >= 11 is 7.03. The summed E-state index contributed by atoms with van der Waals surface area (Å²) in [6, 6.07) is 2.83. The number of rotatable bonds is 4. The highest BCUT2D eigenvalue weighted by Crippen LogP contribution is 2.28. The lowest BCUT2D eigenvalue weighted by molar-refractivity contribution is 0.0927. The third-order valence-corrected chi connectivity index (χ3v) is 4.07. The third-order valence-electron chi connectivity index (χ3n) is 3.05. The summed E-state index contributed by atoms with van der Waals surface area (Å²) in [6.45, 7) is 7.58. The van der Waals surface area contributed by atoms with Gasteiger partial charge in [0.2, 0.25) is 0 Å². The van der Waals surface area contributed by atoms with Gasteiger partial charge in [-0.3, -0.25) is 0 Å². The summed E-state index contributed by atoms with van der Waals surface area (Å²) in [5, 5.41) is 3.47. The fourth-order valence-corrected chi connectivity index (χ4v) is 3.31. The largest absolute Gasteiger partial charge is 0.377 e. The molecule has 19 heavy (non-hydrogen) atoms. The predicted molar refractivity (Wildman–Crippen MR) is 84.7 cm³/mol. The number of morpholine rings is 1. The van der Waals surface area contributed by atoms with Crippen molar-refractivity contribution in [3.63, 3.8) is 0 Å². The Labute approximate surface area is 131 Å². The van der Waals surface area contributed by atoms with E-state index < -0.39 is 0 Å². The molecular formula is C13H19Br2N3O. The van der Waals surface area contributed by atoms with E-state index in [-0.39, 0.29) is 0 Å². The molecule has 1 atom stereocenters. The highest BCUT2D eigenvalue weighted by Gasteiger charge is 2.25. The van der Waals surface area contributed by atoms with E-state index in [0.29, 0.717) is 12.1 Å². The van der Waals surface area contributed by atoms with E-state index in [0.717, 1.165) is 41.1 Å². The monoisotopic (exact) mass is 391 g/mol. The molecule has 1 aromatic heterocycles. The van der Waals surface area contributed by atoms with Gasteiger partial charge in [-0.1, -0.05) is 13.8 Å². The molecule has 1 N–H and O–H groups in total.